The van der Waals surface area contributed by atoms with Crippen molar-refractivity contribution >= 4 is 23.5 Å². The predicted octanol–water partition coefficient (Wildman–Crippen LogP) is 2.61. The maximum Gasteiger partial charge on any atom is 0.336 e. The van der Waals surface area contributed by atoms with E-state index in [0.29, 0.717) is 17.9 Å². The van der Waals surface area contributed by atoms with Crippen molar-refractivity contribution in [3.05, 3.63) is 92.3 Å². The number of nitro benzene ring substituents is 1. The molecule has 1 heterocycles. The van der Waals surface area contributed by atoms with Crippen molar-refractivity contribution in [3.63, 3.8) is 0 Å². The fourth-order valence-electron chi connectivity index (χ4n) is 4.29. The van der Waals surface area contributed by atoms with Gasteiger partial charge in [-0.2, -0.15) is 0 Å². The van der Waals surface area contributed by atoms with Gasteiger partial charge < -0.3 is 30.1 Å². The summed E-state index contributed by atoms with van der Waals surface area (Å²) in [6.45, 7) is 3.47. The molecule has 0 radical (unpaired) electrons. The number of carbonyl (C=O) groups excluding carboxylic acids is 3. The number of dihydropyridines is 1. The number of rotatable bonds is 11. The van der Waals surface area contributed by atoms with Crippen molar-refractivity contribution in [1.82, 2.24) is 15.5 Å². The summed E-state index contributed by atoms with van der Waals surface area (Å²) < 4.78 is 10.9. The zero-order valence-electron chi connectivity index (χ0n) is 22.7. The minimum atomic E-state index is -1.14. The molecule has 0 saturated carbocycles. The van der Waals surface area contributed by atoms with E-state index < -0.39 is 28.7 Å². The highest BCUT2D eigenvalue weighted by molar-refractivity contribution is 6.00. The Hall–Kier alpha value is -4.71. The number of amides is 1. The molecule has 1 aliphatic rings. The number of hydrogen-bond donors (Lipinski definition) is 3. The van der Waals surface area contributed by atoms with Crippen molar-refractivity contribution in [2.24, 2.45) is 0 Å². The van der Waals surface area contributed by atoms with E-state index in [2.05, 4.69) is 10.6 Å². The lowest BCUT2D eigenvalue weighted by atomic mass is 9.79. The summed E-state index contributed by atoms with van der Waals surface area (Å²) in [6.07, 6.45) is 0. The Labute approximate surface area is 231 Å². The Kier molecular flexibility index (Phi) is 9.98. The molecule has 1 atom stereocenters. The Morgan fingerprint density at radius 3 is 2.15 bits per heavy atom. The van der Waals surface area contributed by atoms with Crippen LogP contribution in [0.1, 0.15) is 35.7 Å². The average molecular weight is 553 g/mol. The second kappa shape index (κ2) is 13.4. The highest BCUT2D eigenvalue weighted by Crippen LogP contribution is 2.42. The number of carbonyl (C=O) groups is 3. The lowest BCUT2D eigenvalue weighted by Crippen LogP contribution is -2.34. The van der Waals surface area contributed by atoms with Crippen LogP contribution in [-0.2, 0) is 19.1 Å². The molecular formula is C28H32N4O8. The predicted molar refractivity (Wildman–Crippen MR) is 145 cm³/mol. The molecule has 212 valence electrons. The summed E-state index contributed by atoms with van der Waals surface area (Å²) in [5, 5.41) is 27.3. The maximum absolute atomic E-state index is 13.4. The third kappa shape index (κ3) is 7.03. The normalized spacial score (nSPS) is 15.0. The number of aromatic hydroxyl groups is 1. The second-order valence-electron chi connectivity index (χ2n) is 9.30. The SMILES string of the molecule is CC1=C(C(=O)OCCNC(=O)c2ccccc2O)C(c2ccccc2[N+](=O)[O-])C(C(=O)OCCN(C)C)=C(C)N1. The molecule has 1 amide bonds. The van der Waals surface area contributed by atoms with Gasteiger partial charge in [-0.05, 0) is 40.1 Å². The first kappa shape index (κ1) is 29.8. The first-order valence-corrected chi connectivity index (χ1v) is 12.5. The first-order valence-electron chi connectivity index (χ1n) is 12.5. The third-order valence-electron chi connectivity index (χ3n) is 6.19. The minimum Gasteiger partial charge on any atom is -0.507 e. The number of nitrogens with one attached hydrogen (secondary N) is 2. The molecule has 1 aliphatic heterocycles. The van der Waals surface area contributed by atoms with Gasteiger partial charge in [0.25, 0.3) is 11.6 Å². The number of allylic oxidation sites excluding steroid dienone is 2. The van der Waals surface area contributed by atoms with Gasteiger partial charge in [-0.25, -0.2) is 9.59 Å². The zero-order chi connectivity index (χ0) is 29.4. The maximum atomic E-state index is 13.4. The van der Waals surface area contributed by atoms with Crippen molar-refractivity contribution in [2.45, 2.75) is 19.8 Å². The van der Waals surface area contributed by atoms with E-state index in [-0.39, 0.29) is 53.5 Å². The van der Waals surface area contributed by atoms with Crippen molar-refractivity contribution in [3.8, 4) is 5.75 Å². The van der Waals surface area contributed by atoms with Gasteiger partial charge in [0.15, 0.2) is 0 Å². The van der Waals surface area contributed by atoms with Crippen LogP contribution in [0.2, 0.25) is 0 Å². The van der Waals surface area contributed by atoms with Crippen molar-refractivity contribution in [1.29, 1.82) is 0 Å². The number of likely N-dealkylation sites (N-methyl/N-ethyl adjacent to an activating group) is 1. The van der Waals surface area contributed by atoms with E-state index in [1.807, 2.05) is 19.0 Å². The van der Waals surface area contributed by atoms with Gasteiger partial charge in [-0.3, -0.25) is 14.9 Å². The quantitative estimate of drug-likeness (QED) is 0.164. The molecular weight excluding hydrogens is 520 g/mol. The van der Waals surface area contributed by atoms with Gasteiger partial charge in [0.2, 0.25) is 0 Å². The molecule has 40 heavy (non-hydrogen) atoms. The molecule has 2 aromatic carbocycles. The van der Waals surface area contributed by atoms with Crippen LogP contribution < -0.4 is 10.6 Å². The number of ether oxygens (including phenoxy) is 2. The summed E-state index contributed by atoms with van der Waals surface area (Å²) in [6, 6.07) is 11.9. The smallest absolute Gasteiger partial charge is 0.336 e. The first-order chi connectivity index (χ1) is 19.0. The Balaban J connectivity index is 1.87. The number of phenolic OH excluding ortho intramolecular Hbond substituents is 1. The topological polar surface area (TPSA) is 160 Å². The third-order valence-corrected chi connectivity index (χ3v) is 6.19. The van der Waals surface area contributed by atoms with Crippen LogP contribution in [0.3, 0.4) is 0 Å². The highest BCUT2D eigenvalue weighted by Gasteiger charge is 2.40. The number of benzene rings is 2. The number of nitro groups is 1. The van der Waals surface area contributed by atoms with Gasteiger partial charge in [0.1, 0.15) is 19.0 Å². The molecule has 12 heteroatoms. The molecule has 0 aromatic heterocycles. The summed E-state index contributed by atoms with van der Waals surface area (Å²) >= 11 is 0. The molecule has 3 rings (SSSR count). The molecule has 12 nitrogen and oxygen atoms in total. The average Bonchev–Trinajstić information content (AvgIpc) is 2.90. The van der Waals surface area contributed by atoms with E-state index in [0.717, 1.165) is 0 Å². The van der Waals surface area contributed by atoms with E-state index in [1.165, 1.54) is 30.3 Å². The van der Waals surface area contributed by atoms with Crippen LogP contribution in [0.5, 0.6) is 5.75 Å². The minimum absolute atomic E-state index is 0.00601. The Morgan fingerprint density at radius 1 is 0.975 bits per heavy atom. The van der Waals surface area contributed by atoms with Gasteiger partial charge >= 0.3 is 11.9 Å². The lowest BCUT2D eigenvalue weighted by molar-refractivity contribution is -0.385. The van der Waals surface area contributed by atoms with Crippen LogP contribution in [0.25, 0.3) is 0 Å². The van der Waals surface area contributed by atoms with E-state index in [9.17, 15) is 29.6 Å². The molecule has 2 aromatic rings. The molecule has 0 saturated heterocycles. The molecule has 0 aliphatic carbocycles. The van der Waals surface area contributed by atoms with E-state index >= 15 is 0 Å². The van der Waals surface area contributed by atoms with Gasteiger partial charge in [-0.1, -0.05) is 30.3 Å². The zero-order valence-corrected chi connectivity index (χ0v) is 22.7. The van der Waals surface area contributed by atoms with Crippen LogP contribution in [-0.4, -0.2) is 73.2 Å². The lowest BCUT2D eigenvalue weighted by Gasteiger charge is -2.30. The van der Waals surface area contributed by atoms with Crippen molar-refractivity contribution in [2.75, 3.05) is 40.4 Å². The number of hydrogen-bond acceptors (Lipinski definition) is 10. The molecule has 0 spiro atoms. The Morgan fingerprint density at radius 2 is 1.55 bits per heavy atom. The molecule has 0 fully saturated rings. The highest BCUT2D eigenvalue weighted by atomic mass is 16.6. The fourth-order valence-corrected chi connectivity index (χ4v) is 4.29. The number of para-hydroxylation sites is 2. The summed E-state index contributed by atoms with van der Waals surface area (Å²) in [7, 11) is 3.64. The summed E-state index contributed by atoms with van der Waals surface area (Å²) in [5.41, 5.74) is 0.736. The van der Waals surface area contributed by atoms with E-state index in [1.54, 1.807) is 32.0 Å². The van der Waals surface area contributed by atoms with Gasteiger partial charge in [-0.15, -0.1) is 0 Å². The second-order valence-corrected chi connectivity index (χ2v) is 9.30. The van der Waals surface area contributed by atoms with Crippen molar-refractivity contribution < 1.29 is 33.9 Å². The van der Waals surface area contributed by atoms with Crippen LogP contribution in [0.15, 0.2) is 71.1 Å². The number of esters is 2. The van der Waals surface area contributed by atoms with Gasteiger partial charge in [0.05, 0.1) is 34.1 Å². The Bertz CT molecular complexity index is 1370. The molecule has 0 bridgehead atoms. The van der Waals surface area contributed by atoms with Crippen LogP contribution in [0, 0.1) is 10.1 Å². The van der Waals surface area contributed by atoms with Crippen LogP contribution >= 0.6 is 0 Å². The fraction of sp³-hybridized carbons (Fsp3) is 0.321. The number of phenols is 1. The molecule has 1 unspecified atom stereocenters. The largest absolute Gasteiger partial charge is 0.507 e. The number of nitrogens with zero attached hydrogens (tertiary/aromatic N) is 2. The molecule has 3 N–H and O–H groups in total. The standard InChI is InChI=1S/C28H32N4O8/c1-17-23(27(35)39-15-13-29-26(34)20-10-6-8-12-22(20)33)25(19-9-5-7-11-21(19)32(37)38)24(18(2)30-17)28(36)40-16-14-31(3)4/h5-12,25,30,33H,13-16H2,1-4H3,(H,29,34). The summed E-state index contributed by atoms with van der Waals surface area (Å²) in [4.78, 5) is 52.2. The van der Waals surface area contributed by atoms with E-state index in [4.69, 9.17) is 9.47 Å². The monoisotopic (exact) mass is 552 g/mol. The van der Waals surface area contributed by atoms with Gasteiger partial charge in [0, 0.05) is 29.6 Å². The van der Waals surface area contributed by atoms with Crippen LogP contribution in [0.4, 0.5) is 5.69 Å². The summed E-state index contributed by atoms with van der Waals surface area (Å²) in [5.74, 6) is -3.43.